The Morgan fingerprint density at radius 2 is 2.00 bits per heavy atom. The van der Waals surface area contributed by atoms with E-state index >= 15 is 0 Å². The lowest BCUT2D eigenvalue weighted by atomic mass is 10.1. The lowest BCUT2D eigenvalue weighted by Crippen LogP contribution is -2.24. The van der Waals surface area contributed by atoms with Crippen LogP contribution in [0.25, 0.3) is 11.3 Å². The number of hydrazone groups is 1. The largest absolute Gasteiger partial charge is 0.484 e. The molecule has 8 nitrogen and oxygen atoms in total. The van der Waals surface area contributed by atoms with E-state index in [-0.39, 0.29) is 12.3 Å². The summed E-state index contributed by atoms with van der Waals surface area (Å²) >= 11 is 5.77. The monoisotopic (exact) mass is 399 g/mol. The minimum Gasteiger partial charge on any atom is -0.484 e. The van der Waals surface area contributed by atoms with Crippen molar-refractivity contribution in [1.29, 1.82) is 0 Å². The van der Waals surface area contributed by atoms with Crippen molar-refractivity contribution >= 4 is 29.4 Å². The van der Waals surface area contributed by atoms with E-state index in [2.05, 4.69) is 10.5 Å². The molecule has 3 rings (SSSR count). The van der Waals surface area contributed by atoms with Crippen molar-refractivity contribution in [3.8, 4) is 17.1 Å². The number of carbonyl (C=O) groups excluding carboxylic acids is 1. The Hall–Kier alpha value is -3.65. The Balaban J connectivity index is 1.53. The molecule has 1 heterocycles. The maximum atomic E-state index is 11.7. The summed E-state index contributed by atoms with van der Waals surface area (Å²) in [5.41, 5.74) is 2.85. The van der Waals surface area contributed by atoms with Crippen LogP contribution in [0.2, 0.25) is 5.02 Å². The molecule has 0 saturated heterocycles. The number of carbonyl (C=O) groups is 1. The van der Waals surface area contributed by atoms with E-state index in [9.17, 15) is 14.9 Å². The van der Waals surface area contributed by atoms with Gasteiger partial charge < -0.3 is 9.15 Å². The number of furan rings is 1. The number of ether oxygens (including phenoxy) is 1. The van der Waals surface area contributed by atoms with Crippen LogP contribution < -0.4 is 10.2 Å². The number of hydrogen-bond donors (Lipinski definition) is 1. The molecule has 142 valence electrons. The van der Waals surface area contributed by atoms with E-state index in [1.54, 1.807) is 48.5 Å². The summed E-state index contributed by atoms with van der Waals surface area (Å²) in [5, 5.41) is 15.2. The number of nitrogens with one attached hydrogen (secondary N) is 1. The molecule has 3 aromatic rings. The van der Waals surface area contributed by atoms with Gasteiger partial charge in [0, 0.05) is 22.7 Å². The average Bonchev–Trinajstić information content (AvgIpc) is 3.16. The minimum atomic E-state index is -0.476. The average molecular weight is 400 g/mol. The summed E-state index contributed by atoms with van der Waals surface area (Å²) in [6.07, 6.45) is 1.32. The Morgan fingerprint density at radius 1 is 1.21 bits per heavy atom. The molecule has 0 atom stereocenters. The standard InChI is InChI=1S/C19H14ClN3O5/c20-14-4-6-16(7-5-14)27-12-19(24)22-21-11-17-8-9-18(28-17)13-2-1-3-15(10-13)23(25)26/h1-11H,12H2,(H,22,24)/b21-11+. The third-order valence-corrected chi connectivity index (χ3v) is 3.78. The van der Waals surface area contributed by atoms with Gasteiger partial charge in [0.25, 0.3) is 11.6 Å². The number of nitro groups is 1. The molecule has 0 fully saturated rings. The second kappa shape index (κ2) is 8.83. The Labute approximate surface area is 164 Å². The lowest BCUT2D eigenvalue weighted by molar-refractivity contribution is -0.384. The van der Waals surface area contributed by atoms with Crippen LogP contribution in [-0.2, 0) is 4.79 Å². The molecule has 0 bridgehead atoms. The molecule has 28 heavy (non-hydrogen) atoms. The molecule has 9 heteroatoms. The second-order valence-corrected chi connectivity index (χ2v) is 5.98. The van der Waals surface area contributed by atoms with Crippen LogP contribution in [0.5, 0.6) is 5.75 Å². The zero-order chi connectivity index (χ0) is 19.9. The third kappa shape index (κ3) is 5.18. The number of hydrogen-bond acceptors (Lipinski definition) is 6. The first-order chi connectivity index (χ1) is 13.5. The smallest absolute Gasteiger partial charge is 0.277 e. The van der Waals surface area contributed by atoms with Gasteiger partial charge in [-0.05, 0) is 36.4 Å². The zero-order valence-electron chi connectivity index (χ0n) is 14.4. The summed E-state index contributed by atoms with van der Waals surface area (Å²) in [7, 11) is 0. The number of halogens is 1. The van der Waals surface area contributed by atoms with Gasteiger partial charge in [-0.15, -0.1) is 0 Å². The van der Waals surface area contributed by atoms with E-state index in [1.807, 2.05) is 0 Å². The number of benzene rings is 2. The lowest BCUT2D eigenvalue weighted by Gasteiger charge is -2.04. The maximum Gasteiger partial charge on any atom is 0.277 e. The summed E-state index contributed by atoms with van der Waals surface area (Å²) in [4.78, 5) is 22.1. The fraction of sp³-hybridized carbons (Fsp3) is 0.0526. The quantitative estimate of drug-likeness (QED) is 0.366. The topological polar surface area (TPSA) is 107 Å². The number of rotatable bonds is 7. The molecule has 1 aromatic heterocycles. The molecule has 0 unspecified atom stereocenters. The predicted molar refractivity (Wildman–Crippen MR) is 103 cm³/mol. The Kier molecular flexibility index (Phi) is 6.03. The van der Waals surface area contributed by atoms with Gasteiger partial charge in [-0.3, -0.25) is 14.9 Å². The molecular formula is C19H14ClN3O5. The van der Waals surface area contributed by atoms with Crippen LogP contribution in [0.3, 0.4) is 0 Å². The van der Waals surface area contributed by atoms with Crippen molar-refractivity contribution in [2.24, 2.45) is 5.10 Å². The van der Waals surface area contributed by atoms with Crippen molar-refractivity contribution in [2.75, 3.05) is 6.61 Å². The molecular weight excluding hydrogens is 386 g/mol. The Morgan fingerprint density at radius 3 is 2.75 bits per heavy atom. The summed E-state index contributed by atoms with van der Waals surface area (Å²) < 4.78 is 10.9. The van der Waals surface area contributed by atoms with Crippen molar-refractivity contribution < 1.29 is 18.9 Å². The van der Waals surface area contributed by atoms with Gasteiger partial charge in [-0.25, -0.2) is 5.43 Å². The predicted octanol–water partition coefficient (Wildman–Crippen LogP) is 4.04. The molecule has 1 N–H and O–H groups in total. The van der Waals surface area contributed by atoms with E-state index < -0.39 is 10.8 Å². The maximum absolute atomic E-state index is 11.7. The molecule has 0 aliphatic heterocycles. The van der Waals surface area contributed by atoms with Crippen LogP contribution >= 0.6 is 11.6 Å². The van der Waals surface area contributed by atoms with Crippen molar-refractivity contribution in [1.82, 2.24) is 5.43 Å². The SMILES string of the molecule is O=C(COc1ccc(Cl)cc1)N/N=C/c1ccc(-c2cccc([N+](=O)[O-])c2)o1. The van der Waals surface area contributed by atoms with E-state index in [0.717, 1.165) is 0 Å². The molecule has 0 aliphatic rings. The number of nitrogens with zero attached hydrogens (tertiary/aromatic N) is 2. The second-order valence-electron chi connectivity index (χ2n) is 5.55. The highest BCUT2D eigenvalue weighted by Gasteiger charge is 2.10. The first-order valence-electron chi connectivity index (χ1n) is 8.06. The fourth-order valence-electron chi connectivity index (χ4n) is 2.23. The van der Waals surface area contributed by atoms with Crippen LogP contribution in [0.4, 0.5) is 5.69 Å². The highest BCUT2D eigenvalue weighted by molar-refractivity contribution is 6.30. The summed E-state index contributed by atoms with van der Waals surface area (Å²) in [6, 6.07) is 16.0. The molecule has 1 amide bonds. The molecule has 0 spiro atoms. The van der Waals surface area contributed by atoms with E-state index in [1.165, 1.54) is 18.3 Å². The Bertz CT molecular complexity index is 1010. The highest BCUT2D eigenvalue weighted by atomic mass is 35.5. The summed E-state index contributed by atoms with van der Waals surface area (Å²) in [6.45, 7) is -0.212. The first-order valence-corrected chi connectivity index (χ1v) is 8.44. The highest BCUT2D eigenvalue weighted by Crippen LogP contribution is 2.25. The molecule has 0 aliphatic carbocycles. The number of nitro benzene ring substituents is 1. The van der Waals surface area contributed by atoms with Gasteiger partial charge >= 0.3 is 0 Å². The van der Waals surface area contributed by atoms with Crippen LogP contribution in [-0.4, -0.2) is 23.7 Å². The van der Waals surface area contributed by atoms with Gasteiger partial charge in [0.1, 0.15) is 17.3 Å². The fourth-order valence-corrected chi connectivity index (χ4v) is 2.36. The molecule has 0 radical (unpaired) electrons. The number of amides is 1. The third-order valence-electron chi connectivity index (χ3n) is 3.53. The zero-order valence-corrected chi connectivity index (χ0v) is 15.1. The molecule has 2 aromatic carbocycles. The normalized spacial score (nSPS) is 10.8. The first kappa shape index (κ1) is 19.1. The van der Waals surface area contributed by atoms with Gasteiger partial charge in [0.15, 0.2) is 6.61 Å². The van der Waals surface area contributed by atoms with Crippen molar-refractivity contribution in [3.05, 3.63) is 81.6 Å². The molecule has 0 saturated carbocycles. The van der Waals surface area contributed by atoms with Gasteiger partial charge in [0.05, 0.1) is 11.1 Å². The van der Waals surface area contributed by atoms with E-state index in [4.69, 9.17) is 20.8 Å². The van der Waals surface area contributed by atoms with Crippen LogP contribution in [0.15, 0.2) is 70.2 Å². The number of non-ortho nitro benzene ring substituents is 1. The van der Waals surface area contributed by atoms with Crippen LogP contribution in [0, 0.1) is 10.1 Å². The minimum absolute atomic E-state index is 0.0305. The van der Waals surface area contributed by atoms with E-state index in [0.29, 0.717) is 27.9 Å². The van der Waals surface area contributed by atoms with Crippen molar-refractivity contribution in [3.63, 3.8) is 0 Å². The van der Waals surface area contributed by atoms with Gasteiger partial charge in [0.2, 0.25) is 0 Å². The van der Waals surface area contributed by atoms with Crippen LogP contribution in [0.1, 0.15) is 5.76 Å². The van der Waals surface area contributed by atoms with Crippen molar-refractivity contribution in [2.45, 2.75) is 0 Å². The summed E-state index contributed by atoms with van der Waals surface area (Å²) in [5.74, 6) is 0.885. The van der Waals surface area contributed by atoms with Gasteiger partial charge in [-0.1, -0.05) is 23.7 Å². The van der Waals surface area contributed by atoms with Gasteiger partial charge in [-0.2, -0.15) is 5.10 Å².